The maximum Gasteiger partial charge on any atom is 0.290 e. The highest BCUT2D eigenvalue weighted by molar-refractivity contribution is 5.78. The molecule has 0 aromatic carbocycles. The molecule has 0 radical (unpaired) electrons. The number of aryl methyl sites for hydroxylation is 1. The molecule has 2 saturated heterocycles. The Morgan fingerprint density at radius 3 is 2.80 bits per heavy atom. The molecule has 1 aromatic heterocycles. The van der Waals surface area contributed by atoms with Gasteiger partial charge in [-0.3, -0.25) is 19.2 Å². The molecule has 10 nitrogen and oxygen atoms in total. The molecular weight excluding hydrogens is 334 g/mol. The third kappa shape index (κ3) is 4.69. The van der Waals surface area contributed by atoms with Gasteiger partial charge in [0, 0.05) is 39.0 Å². The van der Waals surface area contributed by atoms with Gasteiger partial charge >= 0.3 is 0 Å². The lowest BCUT2D eigenvalue weighted by Gasteiger charge is -2.25. The fraction of sp³-hybridized carbons (Fsp3) is 0.600. The highest BCUT2D eigenvalue weighted by Gasteiger charge is 2.41. The predicted octanol–water partition coefficient (Wildman–Crippen LogP) is -0.941. The first-order valence-electron chi connectivity index (χ1n) is 7.86. The van der Waals surface area contributed by atoms with Crippen molar-refractivity contribution in [2.24, 2.45) is 0 Å². The van der Waals surface area contributed by atoms with E-state index in [1.165, 1.54) is 6.07 Å². The van der Waals surface area contributed by atoms with Crippen molar-refractivity contribution in [2.75, 3.05) is 26.7 Å². The minimum absolute atomic E-state index is 0.0265. The number of likely N-dealkylation sites (tertiary alicyclic amines) is 1. The van der Waals surface area contributed by atoms with Crippen molar-refractivity contribution in [3.63, 3.8) is 0 Å². The zero-order chi connectivity index (χ0) is 18.4. The van der Waals surface area contributed by atoms with Gasteiger partial charge in [-0.2, -0.15) is 5.16 Å². The van der Waals surface area contributed by atoms with Crippen LogP contribution in [0.25, 0.3) is 0 Å². The number of H-pyrrole nitrogens is 1. The van der Waals surface area contributed by atoms with Gasteiger partial charge in [-0.1, -0.05) is 0 Å². The third-order valence-electron chi connectivity index (χ3n) is 4.29. The Morgan fingerprint density at radius 2 is 2.16 bits per heavy atom. The summed E-state index contributed by atoms with van der Waals surface area (Å²) in [7, 11) is 1.76. The number of nitrogens with zero attached hydrogens (tertiary/aromatic N) is 2. The molecule has 2 atom stereocenters. The fourth-order valence-electron chi connectivity index (χ4n) is 2.99. The molecule has 3 heterocycles. The summed E-state index contributed by atoms with van der Waals surface area (Å²) in [5.41, 5.74) is -0.306. The fourth-order valence-corrected chi connectivity index (χ4v) is 2.99. The van der Waals surface area contributed by atoms with E-state index in [2.05, 4.69) is 5.16 Å². The number of carboxylic acid groups (broad SMARTS) is 1. The summed E-state index contributed by atoms with van der Waals surface area (Å²) in [5, 5.41) is 9.09. The minimum atomic E-state index is -0.306. The van der Waals surface area contributed by atoms with Crippen LogP contribution in [0.2, 0.25) is 0 Å². The molecule has 0 aliphatic carbocycles. The Kier molecular flexibility index (Phi) is 6.34. The Labute approximate surface area is 143 Å². The van der Waals surface area contributed by atoms with Crippen LogP contribution in [0.1, 0.15) is 18.6 Å². The van der Waals surface area contributed by atoms with E-state index in [0.29, 0.717) is 38.3 Å². The summed E-state index contributed by atoms with van der Waals surface area (Å²) >= 11 is 0. The standard InChI is InChI=1S/C14H19N3O5.CH2O2/c1-16-10-7-17(8-11(10)21-5-4-13(16)19)14(20)3-2-9-6-12(18)15-22-9;2-1-3/h6,10-11H,2-5,7-8H2,1H3,(H,15,18);1H,(H,2,3)/t10-,11-;/m0./s1. The van der Waals surface area contributed by atoms with Crippen LogP contribution in [0.4, 0.5) is 0 Å². The molecule has 0 unspecified atom stereocenters. The molecule has 25 heavy (non-hydrogen) atoms. The molecule has 2 N–H and O–H groups in total. The Bertz CT molecular complexity index is 668. The summed E-state index contributed by atoms with van der Waals surface area (Å²) in [4.78, 5) is 46.9. The third-order valence-corrected chi connectivity index (χ3v) is 4.29. The average molecular weight is 355 g/mol. The largest absolute Gasteiger partial charge is 0.483 e. The second-order valence-electron chi connectivity index (χ2n) is 5.81. The topological polar surface area (TPSA) is 133 Å². The Balaban J connectivity index is 0.000000701. The van der Waals surface area contributed by atoms with Crippen molar-refractivity contribution in [2.45, 2.75) is 31.4 Å². The molecule has 10 heteroatoms. The maximum absolute atomic E-state index is 12.3. The highest BCUT2D eigenvalue weighted by Crippen LogP contribution is 2.22. The molecule has 1 aromatic rings. The van der Waals surface area contributed by atoms with Crippen molar-refractivity contribution in [1.82, 2.24) is 15.0 Å². The second-order valence-corrected chi connectivity index (χ2v) is 5.81. The van der Waals surface area contributed by atoms with Crippen LogP contribution in [0, 0.1) is 0 Å². The van der Waals surface area contributed by atoms with Gasteiger partial charge in [0.1, 0.15) is 5.76 Å². The van der Waals surface area contributed by atoms with Gasteiger partial charge in [0.25, 0.3) is 12.0 Å². The van der Waals surface area contributed by atoms with Crippen LogP contribution in [0.15, 0.2) is 15.4 Å². The van der Waals surface area contributed by atoms with Crippen LogP contribution in [-0.4, -0.2) is 77.2 Å². The number of ether oxygens (including phenoxy) is 1. The highest BCUT2D eigenvalue weighted by atomic mass is 16.5. The number of aromatic amines is 1. The molecule has 0 bridgehead atoms. The van der Waals surface area contributed by atoms with Crippen molar-refractivity contribution in [3.8, 4) is 0 Å². The van der Waals surface area contributed by atoms with Crippen LogP contribution in [-0.2, 0) is 25.5 Å². The van der Waals surface area contributed by atoms with E-state index in [-0.39, 0.29) is 42.4 Å². The van der Waals surface area contributed by atoms with Gasteiger partial charge in [-0.15, -0.1) is 0 Å². The molecule has 138 valence electrons. The Morgan fingerprint density at radius 1 is 1.44 bits per heavy atom. The average Bonchev–Trinajstić information content (AvgIpc) is 3.16. The molecule has 2 aliphatic rings. The van der Waals surface area contributed by atoms with E-state index in [0.717, 1.165) is 0 Å². The molecule has 0 spiro atoms. The van der Waals surface area contributed by atoms with E-state index >= 15 is 0 Å². The van der Waals surface area contributed by atoms with E-state index in [9.17, 15) is 14.4 Å². The van der Waals surface area contributed by atoms with Crippen molar-refractivity contribution < 1.29 is 28.8 Å². The zero-order valence-corrected chi connectivity index (χ0v) is 13.8. The van der Waals surface area contributed by atoms with Crippen LogP contribution >= 0.6 is 0 Å². The van der Waals surface area contributed by atoms with Gasteiger partial charge in [0.15, 0.2) is 0 Å². The number of rotatable bonds is 3. The number of fused-ring (bicyclic) bond motifs is 1. The van der Waals surface area contributed by atoms with E-state index in [4.69, 9.17) is 19.2 Å². The van der Waals surface area contributed by atoms with Gasteiger partial charge in [-0.25, -0.2) is 0 Å². The smallest absolute Gasteiger partial charge is 0.290 e. The first-order chi connectivity index (χ1) is 12.0. The Hall–Kier alpha value is -2.62. The SMILES string of the molecule is CN1C(=O)CCO[C@H]2CN(C(=O)CCc3cc(=O)[nH]o3)C[C@@H]21.O=CO. The van der Waals surface area contributed by atoms with E-state index < -0.39 is 0 Å². The number of amides is 2. The lowest BCUT2D eigenvalue weighted by molar-refractivity contribution is -0.133. The summed E-state index contributed by atoms with van der Waals surface area (Å²) in [6, 6.07) is 1.26. The molecule has 0 saturated carbocycles. The summed E-state index contributed by atoms with van der Waals surface area (Å²) in [6.45, 7) is 1.14. The normalized spacial score (nSPS) is 22.7. The first kappa shape index (κ1) is 18.7. The second kappa shape index (κ2) is 8.47. The number of carbonyl (C=O) groups is 3. The van der Waals surface area contributed by atoms with Gasteiger partial charge in [0.2, 0.25) is 11.8 Å². The van der Waals surface area contributed by atoms with Crippen LogP contribution < -0.4 is 5.56 Å². The number of hydrogen-bond donors (Lipinski definition) is 2. The lowest BCUT2D eigenvalue weighted by Crippen LogP contribution is -2.43. The lowest BCUT2D eigenvalue weighted by atomic mass is 10.2. The van der Waals surface area contributed by atoms with Gasteiger partial charge in [0.05, 0.1) is 25.2 Å². The first-order valence-corrected chi connectivity index (χ1v) is 7.86. The molecule has 2 aliphatic heterocycles. The zero-order valence-electron chi connectivity index (χ0n) is 13.8. The molecule has 2 fully saturated rings. The van der Waals surface area contributed by atoms with Gasteiger partial charge in [-0.05, 0) is 0 Å². The molecule has 2 amide bonds. The minimum Gasteiger partial charge on any atom is -0.483 e. The van der Waals surface area contributed by atoms with Crippen molar-refractivity contribution >= 4 is 18.3 Å². The predicted molar refractivity (Wildman–Crippen MR) is 83.8 cm³/mol. The summed E-state index contributed by atoms with van der Waals surface area (Å²) < 4.78 is 10.6. The quantitative estimate of drug-likeness (QED) is 0.668. The number of carbonyl (C=O) groups excluding carboxylic acids is 2. The van der Waals surface area contributed by atoms with E-state index in [1.807, 2.05) is 0 Å². The van der Waals surface area contributed by atoms with Crippen molar-refractivity contribution in [1.29, 1.82) is 0 Å². The van der Waals surface area contributed by atoms with Gasteiger partial charge < -0.3 is 24.2 Å². The summed E-state index contributed by atoms with van der Waals surface area (Å²) in [6.07, 6.45) is 0.909. The van der Waals surface area contributed by atoms with Crippen molar-refractivity contribution in [3.05, 3.63) is 22.2 Å². The van der Waals surface area contributed by atoms with Crippen LogP contribution in [0.3, 0.4) is 0 Å². The number of hydrogen-bond acceptors (Lipinski definition) is 6. The number of nitrogens with one attached hydrogen (secondary N) is 1. The monoisotopic (exact) mass is 355 g/mol. The summed E-state index contributed by atoms with van der Waals surface area (Å²) in [5.74, 6) is 0.493. The number of aromatic nitrogens is 1. The maximum atomic E-state index is 12.3. The molecular formula is C15H21N3O7. The van der Waals surface area contributed by atoms with E-state index in [1.54, 1.807) is 16.8 Å². The molecule has 3 rings (SSSR count). The van der Waals surface area contributed by atoms with Crippen LogP contribution in [0.5, 0.6) is 0 Å². The number of likely N-dealkylation sites (N-methyl/N-ethyl adjacent to an activating group) is 1.